The van der Waals surface area contributed by atoms with Crippen molar-refractivity contribution in [1.82, 2.24) is 15.2 Å². The molecule has 0 unspecified atom stereocenters. The van der Waals surface area contributed by atoms with Gasteiger partial charge >= 0.3 is 5.97 Å². The molecule has 0 aliphatic carbocycles. The average Bonchev–Trinajstić information content (AvgIpc) is 2.88. The Hall–Kier alpha value is -2.83. The predicted octanol–water partition coefficient (Wildman–Crippen LogP) is 4.26. The van der Waals surface area contributed by atoms with Crippen molar-refractivity contribution in [2.75, 3.05) is 48.9 Å². The standard InChI is InChI=1S/C27H33N5O5S.3ClH/c1-4-9-28-26(33)17-31-10-12-32(13-11-31)25-16-22(27(34)35)21-15-20(7-8-23(21)29-25)30-38(36,37)24-14-18(2)5-6-19(24)3;;;/h5-8,14-16,30H,4,9-13,17H2,1-3H3,(H,28,33)(H,34,35);3*1H. The molecule has 3 aromatic rings. The number of hydrogen-bond donors (Lipinski definition) is 3. The molecule has 1 fully saturated rings. The second-order valence-electron chi connectivity index (χ2n) is 9.55. The van der Waals surface area contributed by atoms with E-state index in [2.05, 4.69) is 19.9 Å². The van der Waals surface area contributed by atoms with Gasteiger partial charge in [-0.05, 0) is 61.7 Å². The number of carboxylic acid groups (broad SMARTS) is 1. The Balaban J connectivity index is 0.00000280. The number of anilines is 2. The zero-order valence-electron chi connectivity index (χ0n) is 23.0. The van der Waals surface area contributed by atoms with E-state index < -0.39 is 16.0 Å². The van der Waals surface area contributed by atoms with E-state index in [1.54, 1.807) is 31.2 Å². The molecule has 41 heavy (non-hydrogen) atoms. The number of halogens is 3. The number of benzene rings is 2. The van der Waals surface area contributed by atoms with Gasteiger partial charge in [-0.15, -0.1) is 37.2 Å². The van der Waals surface area contributed by atoms with Crippen molar-refractivity contribution in [1.29, 1.82) is 0 Å². The highest BCUT2D eigenvalue weighted by atomic mass is 35.5. The number of aromatic carboxylic acids is 1. The lowest BCUT2D eigenvalue weighted by atomic mass is 10.1. The number of aromatic nitrogens is 1. The number of carbonyl (C=O) groups excluding carboxylic acids is 1. The third-order valence-electron chi connectivity index (χ3n) is 6.55. The Morgan fingerprint density at radius 2 is 1.66 bits per heavy atom. The molecule has 0 spiro atoms. The smallest absolute Gasteiger partial charge is 0.336 e. The van der Waals surface area contributed by atoms with Crippen LogP contribution in [-0.4, -0.2) is 74.6 Å². The van der Waals surface area contributed by atoms with Gasteiger partial charge in [0.05, 0.1) is 22.5 Å². The molecule has 1 aliphatic rings. The second kappa shape index (κ2) is 15.4. The highest BCUT2D eigenvalue weighted by molar-refractivity contribution is 7.92. The number of rotatable bonds is 9. The van der Waals surface area contributed by atoms with Gasteiger partial charge in [-0.1, -0.05) is 19.1 Å². The Bertz CT molecular complexity index is 1480. The molecule has 3 N–H and O–H groups in total. The molecular weight excluding hydrogens is 613 g/mol. The first kappa shape index (κ1) is 36.2. The summed E-state index contributed by atoms with van der Waals surface area (Å²) in [6.07, 6.45) is 0.888. The van der Waals surface area contributed by atoms with Crippen molar-refractivity contribution >= 4 is 81.5 Å². The lowest BCUT2D eigenvalue weighted by Gasteiger charge is -2.35. The number of aryl methyl sites for hydroxylation is 2. The van der Waals surface area contributed by atoms with E-state index in [1.165, 1.54) is 12.1 Å². The van der Waals surface area contributed by atoms with Gasteiger partial charge in [0.25, 0.3) is 10.0 Å². The number of nitrogens with zero attached hydrogens (tertiary/aromatic N) is 3. The minimum Gasteiger partial charge on any atom is -0.478 e. The fourth-order valence-electron chi connectivity index (χ4n) is 4.48. The van der Waals surface area contributed by atoms with Crippen molar-refractivity contribution in [3.63, 3.8) is 0 Å². The van der Waals surface area contributed by atoms with Crippen LogP contribution in [0.2, 0.25) is 0 Å². The van der Waals surface area contributed by atoms with Gasteiger partial charge in [-0.2, -0.15) is 0 Å². The van der Waals surface area contributed by atoms with E-state index in [0.717, 1.165) is 12.0 Å². The number of amides is 1. The summed E-state index contributed by atoms with van der Waals surface area (Å²) in [4.78, 5) is 33.1. The molecule has 1 aliphatic heterocycles. The lowest BCUT2D eigenvalue weighted by molar-refractivity contribution is -0.122. The number of carbonyl (C=O) groups is 2. The number of carboxylic acids is 1. The van der Waals surface area contributed by atoms with Crippen LogP contribution in [0.5, 0.6) is 0 Å². The van der Waals surface area contributed by atoms with Crippen LogP contribution in [0.3, 0.4) is 0 Å². The Labute approximate surface area is 259 Å². The maximum Gasteiger partial charge on any atom is 0.336 e. The summed E-state index contributed by atoms with van der Waals surface area (Å²) >= 11 is 0. The summed E-state index contributed by atoms with van der Waals surface area (Å²) in [7, 11) is -3.87. The highest BCUT2D eigenvalue weighted by Crippen LogP contribution is 2.28. The van der Waals surface area contributed by atoms with Crippen LogP contribution in [0, 0.1) is 13.8 Å². The van der Waals surface area contributed by atoms with Gasteiger partial charge < -0.3 is 15.3 Å². The molecule has 1 amide bonds. The van der Waals surface area contributed by atoms with Gasteiger partial charge in [0.15, 0.2) is 0 Å². The maximum atomic E-state index is 13.1. The largest absolute Gasteiger partial charge is 0.478 e. The summed E-state index contributed by atoms with van der Waals surface area (Å²) in [6.45, 7) is 9.06. The third kappa shape index (κ3) is 8.83. The first-order valence-corrected chi connectivity index (χ1v) is 14.1. The quantitative estimate of drug-likeness (QED) is 0.314. The number of fused-ring (bicyclic) bond motifs is 1. The molecule has 0 bridgehead atoms. The highest BCUT2D eigenvalue weighted by Gasteiger charge is 2.23. The third-order valence-corrected chi connectivity index (χ3v) is 8.07. The zero-order valence-corrected chi connectivity index (χ0v) is 26.3. The summed E-state index contributed by atoms with van der Waals surface area (Å²) in [6, 6.07) is 11.4. The first-order chi connectivity index (χ1) is 18.1. The Kier molecular flexibility index (Phi) is 13.6. The minimum atomic E-state index is -3.87. The van der Waals surface area contributed by atoms with Crippen molar-refractivity contribution in [2.24, 2.45) is 0 Å². The SMILES string of the molecule is CCCNC(=O)CN1CCN(c2cc(C(=O)O)c3cc(NS(=O)(=O)c4cc(C)ccc4C)ccc3n2)CC1.Cl.Cl.Cl. The molecule has 0 radical (unpaired) electrons. The molecular formula is C27H36Cl3N5O5S. The molecule has 2 heterocycles. The summed E-state index contributed by atoms with van der Waals surface area (Å²) < 4.78 is 28.7. The van der Waals surface area contributed by atoms with Crippen LogP contribution in [0.4, 0.5) is 11.5 Å². The number of nitrogens with one attached hydrogen (secondary N) is 2. The minimum absolute atomic E-state index is 0. The van der Waals surface area contributed by atoms with Crippen LogP contribution in [-0.2, 0) is 14.8 Å². The molecule has 1 saturated heterocycles. The normalized spacial score (nSPS) is 13.4. The van der Waals surface area contributed by atoms with Gasteiger partial charge in [-0.25, -0.2) is 18.2 Å². The molecule has 4 rings (SSSR count). The number of sulfonamides is 1. The Morgan fingerprint density at radius 1 is 0.976 bits per heavy atom. The zero-order chi connectivity index (χ0) is 27.4. The topological polar surface area (TPSA) is 132 Å². The molecule has 10 nitrogen and oxygen atoms in total. The van der Waals surface area contributed by atoms with Gasteiger partial charge in [0, 0.05) is 43.8 Å². The lowest BCUT2D eigenvalue weighted by Crippen LogP contribution is -2.49. The van der Waals surface area contributed by atoms with E-state index in [1.807, 2.05) is 24.8 Å². The van der Waals surface area contributed by atoms with Crippen LogP contribution in [0.25, 0.3) is 10.9 Å². The van der Waals surface area contributed by atoms with E-state index in [-0.39, 0.29) is 59.3 Å². The molecule has 2 aromatic carbocycles. The Morgan fingerprint density at radius 3 is 2.29 bits per heavy atom. The predicted molar refractivity (Wildman–Crippen MR) is 169 cm³/mol. The molecule has 0 saturated carbocycles. The van der Waals surface area contributed by atoms with Crippen molar-refractivity contribution in [3.05, 3.63) is 59.2 Å². The van der Waals surface area contributed by atoms with Gasteiger partial charge in [-0.3, -0.25) is 14.4 Å². The van der Waals surface area contributed by atoms with Crippen LogP contribution >= 0.6 is 37.2 Å². The van der Waals surface area contributed by atoms with Crippen LogP contribution in [0.1, 0.15) is 34.8 Å². The summed E-state index contributed by atoms with van der Waals surface area (Å²) in [5, 5.41) is 13.2. The molecule has 0 atom stereocenters. The van der Waals surface area contributed by atoms with E-state index in [9.17, 15) is 23.1 Å². The van der Waals surface area contributed by atoms with Gasteiger partial charge in [0.2, 0.25) is 5.91 Å². The van der Waals surface area contributed by atoms with Crippen molar-refractivity contribution < 1.29 is 23.1 Å². The molecule has 1 aromatic heterocycles. The molecule has 14 heteroatoms. The van der Waals surface area contributed by atoms with Crippen molar-refractivity contribution in [2.45, 2.75) is 32.1 Å². The maximum absolute atomic E-state index is 13.1. The van der Waals surface area contributed by atoms with Crippen LogP contribution < -0.4 is 14.9 Å². The number of pyridine rings is 1. The summed E-state index contributed by atoms with van der Waals surface area (Å²) in [5.74, 6) is -0.589. The fourth-order valence-corrected chi connectivity index (χ4v) is 5.86. The first-order valence-electron chi connectivity index (χ1n) is 12.6. The monoisotopic (exact) mass is 647 g/mol. The van der Waals surface area contributed by atoms with E-state index in [4.69, 9.17) is 0 Å². The van der Waals surface area contributed by atoms with E-state index in [0.29, 0.717) is 61.6 Å². The molecule has 226 valence electrons. The van der Waals surface area contributed by atoms with Crippen molar-refractivity contribution in [3.8, 4) is 0 Å². The fraction of sp³-hybridized carbons (Fsp3) is 0.370. The number of hydrogen-bond acceptors (Lipinski definition) is 7. The number of piperazine rings is 1. The second-order valence-corrected chi connectivity index (χ2v) is 11.2. The average molecular weight is 649 g/mol. The van der Waals surface area contributed by atoms with Gasteiger partial charge in [0.1, 0.15) is 5.82 Å². The summed E-state index contributed by atoms with van der Waals surface area (Å²) in [5.41, 5.74) is 2.18. The van der Waals surface area contributed by atoms with Crippen LogP contribution in [0.15, 0.2) is 47.4 Å². The van der Waals surface area contributed by atoms with E-state index >= 15 is 0 Å².